The minimum absolute atomic E-state index is 0.259. The van der Waals surface area contributed by atoms with Crippen LogP contribution in [0.5, 0.6) is 0 Å². The Balaban J connectivity index is 2.80. The summed E-state index contributed by atoms with van der Waals surface area (Å²) in [5.41, 5.74) is 0.893. The summed E-state index contributed by atoms with van der Waals surface area (Å²) in [6.07, 6.45) is 1.22. The molecule has 0 aromatic heterocycles. The number of aliphatic carboxylic acids is 1. The van der Waals surface area contributed by atoms with E-state index in [9.17, 15) is 14.7 Å². The highest BCUT2D eigenvalue weighted by Crippen LogP contribution is 2.12. The molecule has 2 atom stereocenters. The lowest BCUT2D eigenvalue weighted by Crippen LogP contribution is -2.47. The Morgan fingerprint density at radius 3 is 2.41 bits per heavy atom. The van der Waals surface area contributed by atoms with E-state index >= 15 is 0 Å². The molecule has 0 fully saturated rings. The van der Waals surface area contributed by atoms with Crippen LogP contribution < -0.4 is 0 Å². The van der Waals surface area contributed by atoms with E-state index in [2.05, 4.69) is 0 Å². The van der Waals surface area contributed by atoms with Crippen molar-refractivity contribution in [1.29, 1.82) is 0 Å². The summed E-state index contributed by atoms with van der Waals surface area (Å²) >= 11 is 0. The summed E-state index contributed by atoms with van der Waals surface area (Å²) in [6, 6.07) is 8.46. The molecule has 0 aliphatic carbocycles. The van der Waals surface area contributed by atoms with Crippen LogP contribution in [0, 0.1) is 0 Å². The molecule has 0 aliphatic rings. The molecule has 122 valence electrons. The van der Waals surface area contributed by atoms with Crippen LogP contribution in [0.3, 0.4) is 0 Å². The van der Waals surface area contributed by atoms with E-state index in [4.69, 9.17) is 4.74 Å². The fourth-order valence-electron chi connectivity index (χ4n) is 2.03. The molecule has 0 spiro atoms. The van der Waals surface area contributed by atoms with Crippen molar-refractivity contribution in [3.05, 3.63) is 35.9 Å². The quantitative estimate of drug-likeness (QED) is 0.712. The first-order chi connectivity index (χ1) is 10.5. The van der Waals surface area contributed by atoms with Crippen molar-refractivity contribution in [2.75, 3.05) is 6.61 Å². The van der Waals surface area contributed by atoms with E-state index in [1.807, 2.05) is 37.3 Å². The maximum absolute atomic E-state index is 12.5. The highest BCUT2D eigenvalue weighted by molar-refractivity contribution is 5.86. The SMILES string of the molecule is CCCCOC(C)C(=O)N(Cc1ccccc1)C(C)C(=O)O. The standard InChI is InChI=1S/C17H25NO4/c1-4-5-11-22-14(3)16(19)18(13(2)17(20)21)12-15-9-7-6-8-10-15/h6-10,13-14H,4-5,11-12H2,1-3H3,(H,20,21). The molecular formula is C17H25NO4. The van der Waals surface area contributed by atoms with Gasteiger partial charge in [0.05, 0.1) is 0 Å². The summed E-state index contributed by atoms with van der Waals surface area (Å²) < 4.78 is 5.51. The number of rotatable bonds is 9. The second-order valence-corrected chi connectivity index (χ2v) is 5.33. The Morgan fingerprint density at radius 1 is 1.23 bits per heavy atom. The summed E-state index contributed by atoms with van der Waals surface area (Å²) in [5, 5.41) is 9.24. The highest BCUT2D eigenvalue weighted by atomic mass is 16.5. The van der Waals surface area contributed by atoms with Crippen LogP contribution >= 0.6 is 0 Å². The normalized spacial score (nSPS) is 13.4. The van der Waals surface area contributed by atoms with E-state index in [0.717, 1.165) is 18.4 Å². The zero-order valence-electron chi connectivity index (χ0n) is 13.5. The minimum atomic E-state index is -1.02. The predicted molar refractivity (Wildman–Crippen MR) is 84.4 cm³/mol. The molecule has 1 aromatic rings. The Kier molecular flexibility index (Phi) is 7.60. The molecule has 5 heteroatoms. The van der Waals surface area contributed by atoms with Gasteiger partial charge in [-0.25, -0.2) is 4.79 Å². The smallest absolute Gasteiger partial charge is 0.326 e. The second-order valence-electron chi connectivity index (χ2n) is 5.33. The highest BCUT2D eigenvalue weighted by Gasteiger charge is 2.29. The van der Waals surface area contributed by atoms with Crippen LogP contribution in [0.1, 0.15) is 39.2 Å². The van der Waals surface area contributed by atoms with Crippen molar-refractivity contribution in [3.63, 3.8) is 0 Å². The number of nitrogens with zero attached hydrogens (tertiary/aromatic N) is 1. The van der Waals surface area contributed by atoms with E-state index in [1.165, 1.54) is 11.8 Å². The molecule has 0 heterocycles. The van der Waals surface area contributed by atoms with Gasteiger partial charge in [0.15, 0.2) is 0 Å². The predicted octanol–water partition coefficient (Wildman–Crippen LogP) is 2.69. The van der Waals surface area contributed by atoms with Crippen LogP contribution in [0.25, 0.3) is 0 Å². The number of carboxylic acid groups (broad SMARTS) is 1. The van der Waals surface area contributed by atoms with Gasteiger partial charge in [-0.1, -0.05) is 43.7 Å². The van der Waals surface area contributed by atoms with E-state index < -0.39 is 18.1 Å². The number of carbonyl (C=O) groups is 2. The number of ether oxygens (including phenoxy) is 1. The molecule has 1 rings (SSSR count). The van der Waals surface area contributed by atoms with Crippen LogP contribution in [0.15, 0.2) is 30.3 Å². The molecule has 1 aromatic carbocycles. The number of carbonyl (C=O) groups excluding carboxylic acids is 1. The van der Waals surface area contributed by atoms with Crippen LogP contribution in [-0.4, -0.2) is 40.6 Å². The average molecular weight is 307 g/mol. The lowest BCUT2D eigenvalue weighted by molar-refractivity contribution is -0.155. The Morgan fingerprint density at radius 2 is 1.86 bits per heavy atom. The number of benzene rings is 1. The number of hydrogen-bond acceptors (Lipinski definition) is 3. The maximum Gasteiger partial charge on any atom is 0.326 e. The molecule has 1 amide bonds. The molecule has 0 aliphatic heterocycles. The van der Waals surface area contributed by atoms with Gasteiger partial charge in [0.25, 0.3) is 5.91 Å². The first kappa shape index (κ1) is 18.2. The molecule has 0 saturated carbocycles. The van der Waals surface area contributed by atoms with Gasteiger partial charge in [-0.2, -0.15) is 0 Å². The number of hydrogen-bond donors (Lipinski definition) is 1. The molecule has 5 nitrogen and oxygen atoms in total. The molecule has 0 radical (unpaired) electrons. The molecule has 1 N–H and O–H groups in total. The summed E-state index contributed by atoms with van der Waals surface area (Å²) in [4.78, 5) is 25.2. The summed E-state index contributed by atoms with van der Waals surface area (Å²) in [6.45, 7) is 6.00. The zero-order valence-corrected chi connectivity index (χ0v) is 13.5. The minimum Gasteiger partial charge on any atom is -0.480 e. The fourth-order valence-corrected chi connectivity index (χ4v) is 2.03. The van der Waals surface area contributed by atoms with Crippen LogP contribution in [0.2, 0.25) is 0 Å². The van der Waals surface area contributed by atoms with Gasteiger partial charge in [0.2, 0.25) is 0 Å². The van der Waals surface area contributed by atoms with Crippen molar-refractivity contribution in [2.45, 2.75) is 52.3 Å². The van der Waals surface area contributed by atoms with Gasteiger partial charge in [0, 0.05) is 13.2 Å². The molecule has 2 unspecified atom stereocenters. The van der Waals surface area contributed by atoms with E-state index in [0.29, 0.717) is 6.61 Å². The van der Waals surface area contributed by atoms with Crippen molar-refractivity contribution in [2.24, 2.45) is 0 Å². The largest absolute Gasteiger partial charge is 0.480 e. The zero-order chi connectivity index (χ0) is 16.5. The Hall–Kier alpha value is -1.88. The first-order valence-electron chi connectivity index (χ1n) is 7.66. The summed E-state index contributed by atoms with van der Waals surface area (Å²) in [7, 11) is 0. The third-order valence-electron chi connectivity index (χ3n) is 3.52. The lowest BCUT2D eigenvalue weighted by Gasteiger charge is -2.29. The number of carboxylic acids is 1. The van der Waals surface area contributed by atoms with Gasteiger partial charge in [-0.05, 0) is 25.8 Å². The monoisotopic (exact) mass is 307 g/mol. The van der Waals surface area contributed by atoms with Crippen molar-refractivity contribution in [1.82, 2.24) is 4.90 Å². The third-order valence-corrected chi connectivity index (χ3v) is 3.52. The third kappa shape index (κ3) is 5.48. The molecule has 0 bridgehead atoms. The van der Waals surface area contributed by atoms with Crippen molar-refractivity contribution in [3.8, 4) is 0 Å². The van der Waals surface area contributed by atoms with Gasteiger partial charge in [0.1, 0.15) is 12.1 Å². The van der Waals surface area contributed by atoms with Crippen molar-refractivity contribution >= 4 is 11.9 Å². The van der Waals surface area contributed by atoms with Gasteiger partial charge >= 0.3 is 5.97 Å². The molecular weight excluding hydrogens is 282 g/mol. The average Bonchev–Trinajstić information content (AvgIpc) is 2.52. The van der Waals surface area contributed by atoms with Gasteiger partial charge in [-0.15, -0.1) is 0 Å². The van der Waals surface area contributed by atoms with Gasteiger partial charge in [-0.3, -0.25) is 4.79 Å². The maximum atomic E-state index is 12.5. The van der Waals surface area contributed by atoms with Crippen molar-refractivity contribution < 1.29 is 19.4 Å². The second kappa shape index (κ2) is 9.20. The first-order valence-corrected chi connectivity index (χ1v) is 7.66. The molecule has 0 saturated heterocycles. The lowest BCUT2D eigenvalue weighted by atomic mass is 10.1. The number of unbranched alkanes of at least 4 members (excludes halogenated alkanes) is 1. The fraction of sp³-hybridized carbons (Fsp3) is 0.529. The van der Waals surface area contributed by atoms with Gasteiger partial charge < -0.3 is 14.7 Å². The number of amides is 1. The summed E-state index contributed by atoms with van der Waals surface area (Å²) in [5.74, 6) is -1.32. The van der Waals surface area contributed by atoms with E-state index in [-0.39, 0.29) is 12.5 Å². The Labute approximate surface area is 131 Å². The van der Waals surface area contributed by atoms with Crippen LogP contribution in [-0.2, 0) is 20.9 Å². The topological polar surface area (TPSA) is 66.8 Å². The van der Waals surface area contributed by atoms with E-state index in [1.54, 1.807) is 6.92 Å². The Bertz CT molecular complexity index is 475. The van der Waals surface area contributed by atoms with Crippen LogP contribution in [0.4, 0.5) is 0 Å². The molecule has 22 heavy (non-hydrogen) atoms.